The summed E-state index contributed by atoms with van der Waals surface area (Å²) in [6, 6.07) is 7.67. The molecule has 1 rings (SSSR count). The van der Waals surface area contributed by atoms with Crippen molar-refractivity contribution in [3.8, 4) is 0 Å². The number of rotatable bonds is 7. The maximum absolute atomic E-state index is 11.9. The standard InChI is InChI=1S/C15H24N2O2/c1-4-12(5-2)15(19)16-13-6-8-14(9-7-13)17(3)10-11-18/h6-9,12,18H,4-5,10-11H2,1-3H3,(H,16,19). The summed E-state index contributed by atoms with van der Waals surface area (Å²) in [5, 5.41) is 11.8. The Hall–Kier alpha value is -1.55. The van der Waals surface area contributed by atoms with Crippen LogP contribution in [0.25, 0.3) is 0 Å². The maximum Gasteiger partial charge on any atom is 0.227 e. The van der Waals surface area contributed by atoms with Crippen LogP contribution in [0.5, 0.6) is 0 Å². The third kappa shape index (κ3) is 4.56. The lowest BCUT2D eigenvalue weighted by Gasteiger charge is -2.18. The minimum absolute atomic E-state index is 0.0803. The highest BCUT2D eigenvalue weighted by Crippen LogP contribution is 2.18. The Labute approximate surface area is 115 Å². The van der Waals surface area contributed by atoms with E-state index in [1.807, 2.05) is 50.1 Å². The number of amides is 1. The quantitative estimate of drug-likeness (QED) is 0.795. The van der Waals surface area contributed by atoms with E-state index in [2.05, 4.69) is 5.32 Å². The van der Waals surface area contributed by atoms with Gasteiger partial charge in [-0.15, -0.1) is 0 Å². The molecule has 0 spiro atoms. The number of aliphatic hydroxyl groups excluding tert-OH is 1. The minimum Gasteiger partial charge on any atom is -0.395 e. The predicted molar refractivity (Wildman–Crippen MR) is 79.5 cm³/mol. The highest BCUT2D eigenvalue weighted by atomic mass is 16.3. The number of carbonyl (C=O) groups excluding carboxylic acids is 1. The van der Waals surface area contributed by atoms with Gasteiger partial charge in [0.1, 0.15) is 0 Å². The molecule has 0 radical (unpaired) electrons. The minimum atomic E-state index is 0.0803. The topological polar surface area (TPSA) is 52.6 Å². The average Bonchev–Trinajstić information content (AvgIpc) is 2.41. The van der Waals surface area contributed by atoms with Crippen LogP contribution in [0, 0.1) is 5.92 Å². The first kappa shape index (κ1) is 15.5. The lowest BCUT2D eigenvalue weighted by Crippen LogP contribution is -2.22. The van der Waals surface area contributed by atoms with Gasteiger partial charge < -0.3 is 15.3 Å². The Morgan fingerprint density at radius 1 is 1.26 bits per heavy atom. The van der Waals surface area contributed by atoms with Crippen LogP contribution < -0.4 is 10.2 Å². The summed E-state index contributed by atoms with van der Waals surface area (Å²) in [5.41, 5.74) is 1.84. The number of nitrogens with zero attached hydrogens (tertiary/aromatic N) is 1. The van der Waals surface area contributed by atoms with Gasteiger partial charge in [-0.25, -0.2) is 0 Å². The summed E-state index contributed by atoms with van der Waals surface area (Å²) in [4.78, 5) is 13.9. The van der Waals surface area contributed by atoms with E-state index in [1.165, 1.54) is 0 Å². The molecule has 0 heterocycles. The second-order valence-corrected chi connectivity index (χ2v) is 4.69. The molecular weight excluding hydrogens is 240 g/mol. The zero-order valence-electron chi connectivity index (χ0n) is 12.0. The molecule has 0 aliphatic carbocycles. The van der Waals surface area contributed by atoms with E-state index in [9.17, 15) is 4.79 Å². The first-order valence-corrected chi connectivity index (χ1v) is 6.85. The summed E-state index contributed by atoms with van der Waals surface area (Å²) in [6.07, 6.45) is 1.72. The van der Waals surface area contributed by atoms with Crippen molar-refractivity contribution >= 4 is 17.3 Å². The Morgan fingerprint density at radius 2 is 1.84 bits per heavy atom. The zero-order chi connectivity index (χ0) is 14.3. The smallest absolute Gasteiger partial charge is 0.227 e. The fourth-order valence-corrected chi connectivity index (χ4v) is 1.98. The van der Waals surface area contributed by atoms with Gasteiger partial charge in [0, 0.05) is 30.9 Å². The normalized spacial score (nSPS) is 10.6. The number of anilines is 2. The van der Waals surface area contributed by atoms with Crippen LogP contribution in [0.4, 0.5) is 11.4 Å². The van der Waals surface area contributed by atoms with Crippen LogP contribution in [-0.2, 0) is 4.79 Å². The van der Waals surface area contributed by atoms with Crippen LogP contribution >= 0.6 is 0 Å². The molecule has 1 aromatic rings. The summed E-state index contributed by atoms with van der Waals surface area (Å²) in [7, 11) is 1.92. The van der Waals surface area contributed by atoms with E-state index in [4.69, 9.17) is 5.11 Å². The van der Waals surface area contributed by atoms with E-state index >= 15 is 0 Å². The third-order valence-electron chi connectivity index (χ3n) is 3.37. The Morgan fingerprint density at radius 3 is 2.32 bits per heavy atom. The molecule has 4 nitrogen and oxygen atoms in total. The molecule has 0 saturated heterocycles. The molecule has 0 unspecified atom stereocenters. The second-order valence-electron chi connectivity index (χ2n) is 4.69. The van der Waals surface area contributed by atoms with Gasteiger partial charge in [-0.1, -0.05) is 13.8 Å². The molecule has 1 amide bonds. The Balaban J connectivity index is 2.64. The van der Waals surface area contributed by atoms with Gasteiger partial charge in [0.05, 0.1) is 6.61 Å². The first-order valence-electron chi connectivity index (χ1n) is 6.85. The molecule has 19 heavy (non-hydrogen) atoms. The van der Waals surface area contributed by atoms with Gasteiger partial charge in [-0.05, 0) is 37.1 Å². The predicted octanol–water partition coefficient (Wildman–Crippen LogP) is 2.49. The number of hydrogen-bond donors (Lipinski definition) is 2. The van der Waals surface area contributed by atoms with Crippen molar-refractivity contribution in [3.05, 3.63) is 24.3 Å². The molecule has 0 aromatic heterocycles. The highest BCUT2D eigenvalue weighted by molar-refractivity contribution is 5.92. The number of carbonyl (C=O) groups is 1. The molecule has 0 fully saturated rings. The molecule has 2 N–H and O–H groups in total. The second kappa shape index (κ2) is 7.79. The van der Waals surface area contributed by atoms with Crippen molar-refractivity contribution < 1.29 is 9.90 Å². The Kier molecular flexibility index (Phi) is 6.36. The monoisotopic (exact) mass is 264 g/mol. The fourth-order valence-electron chi connectivity index (χ4n) is 1.98. The summed E-state index contributed by atoms with van der Waals surface area (Å²) in [6.45, 7) is 4.78. The summed E-state index contributed by atoms with van der Waals surface area (Å²) < 4.78 is 0. The number of benzene rings is 1. The fraction of sp³-hybridized carbons (Fsp3) is 0.533. The van der Waals surface area contributed by atoms with E-state index in [1.54, 1.807) is 0 Å². The molecular formula is C15H24N2O2. The molecule has 0 bridgehead atoms. The number of likely N-dealkylation sites (N-methyl/N-ethyl adjacent to an activating group) is 1. The van der Waals surface area contributed by atoms with Crippen LogP contribution in [-0.4, -0.2) is 31.2 Å². The van der Waals surface area contributed by atoms with Crippen molar-refractivity contribution in [1.29, 1.82) is 0 Å². The lowest BCUT2D eigenvalue weighted by atomic mass is 10.0. The van der Waals surface area contributed by atoms with Crippen LogP contribution in [0.15, 0.2) is 24.3 Å². The average molecular weight is 264 g/mol. The summed E-state index contributed by atoms with van der Waals surface area (Å²) >= 11 is 0. The number of nitrogens with one attached hydrogen (secondary N) is 1. The van der Waals surface area contributed by atoms with Crippen molar-refractivity contribution in [2.24, 2.45) is 5.92 Å². The zero-order valence-corrected chi connectivity index (χ0v) is 12.0. The van der Waals surface area contributed by atoms with E-state index < -0.39 is 0 Å². The number of hydrogen-bond acceptors (Lipinski definition) is 3. The van der Waals surface area contributed by atoms with Gasteiger partial charge in [0.25, 0.3) is 0 Å². The largest absolute Gasteiger partial charge is 0.395 e. The molecule has 0 aliphatic rings. The van der Waals surface area contributed by atoms with Gasteiger partial charge in [-0.3, -0.25) is 4.79 Å². The molecule has 106 valence electrons. The van der Waals surface area contributed by atoms with E-state index in [-0.39, 0.29) is 18.4 Å². The van der Waals surface area contributed by atoms with Crippen LogP contribution in [0.1, 0.15) is 26.7 Å². The lowest BCUT2D eigenvalue weighted by molar-refractivity contribution is -0.120. The van der Waals surface area contributed by atoms with E-state index in [0.717, 1.165) is 24.2 Å². The van der Waals surface area contributed by atoms with Crippen LogP contribution in [0.2, 0.25) is 0 Å². The highest BCUT2D eigenvalue weighted by Gasteiger charge is 2.13. The molecule has 1 aromatic carbocycles. The summed E-state index contributed by atoms with van der Waals surface area (Å²) in [5.74, 6) is 0.165. The molecule has 0 aliphatic heterocycles. The van der Waals surface area contributed by atoms with Crippen LogP contribution in [0.3, 0.4) is 0 Å². The van der Waals surface area contributed by atoms with Gasteiger partial charge >= 0.3 is 0 Å². The van der Waals surface area contributed by atoms with Crippen molar-refractivity contribution in [3.63, 3.8) is 0 Å². The first-order chi connectivity index (χ1) is 9.12. The Bertz CT molecular complexity index is 386. The van der Waals surface area contributed by atoms with Gasteiger partial charge in [-0.2, -0.15) is 0 Å². The van der Waals surface area contributed by atoms with Gasteiger partial charge in [0.15, 0.2) is 0 Å². The van der Waals surface area contributed by atoms with Crippen molar-refractivity contribution in [2.45, 2.75) is 26.7 Å². The molecule has 0 atom stereocenters. The maximum atomic E-state index is 11.9. The molecule has 4 heteroatoms. The van der Waals surface area contributed by atoms with Crippen molar-refractivity contribution in [2.75, 3.05) is 30.4 Å². The van der Waals surface area contributed by atoms with E-state index in [0.29, 0.717) is 6.54 Å². The molecule has 0 saturated carbocycles. The van der Waals surface area contributed by atoms with Gasteiger partial charge in [0.2, 0.25) is 5.91 Å². The van der Waals surface area contributed by atoms with Crippen molar-refractivity contribution in [1.82, 2.24) is 0 Å². The SMILES string of the molecule is CCC(CC)C(=O)Nc1ccc(N(C)CCO)cc1. The number of aliphatic hydroxyl groups is 1. The third-order valence-corrected chi connectivity index (χ3v) is 3.37.